The third kappa shape index (κ3) is 16.7. The van der Waals surface area contributed by atoms with Crippen molar-refractivity contribution >= 4 is 57.4 Å². The second-order valence-corrected chi connectivity index (χ2v) is 21.9. The van der Waals surface area contributed by atoms with Crippen LogP contribution in [0.3, 0.4) is 0 Å². The number of hydrogen-bond acceptors (Lipinski definition) is 16. The number of fused-ring (bicyclic) bond motifs is 2. The maximum atomic E-state index is 13.7. The van der Waals surface area contributed by atoms with Crippen molar-refractivity contribution in [3.8, 4) is 0 Å². The van der Waals surface area contributed by atoms with E-state index in [-0.39, 0.29) is 51.6 Å². The van der Waals surface area contributed by atoms with E-state index in [9.17, 15) is 17.6 Å². The predicted molar refractivity (Wildman–Crippen MR) is 353 cm³/mol. The number of aromatic nitrogens is 4. The number of unbranched alkanes of at least 4 members (excludes halogenated alkanes) is 2. The molecule has 16 nitrogen and oxygen atoms in total. The van der Waals surface area contributed by atoms with E-state index in [2.05, 4.69) is 211 Å². The summed E-state index contributed by atoms with van der Waals surface area (Å²) >= 11 is 0. The predicted octanol–water partition coefficient (Wildman–Crippen LogP) is 14.5. The van der Waals surface area contributed by atoms with Gasteiger partial charge in [-0.3, -0.25) is 17.6 Å². The minimum absolute atomic E-state index is 0. The Morgan fingerprint density at radius 1 is 0.383 bits per heavy atom. The van der Waals surface area contributed by atoms with Gasteiger partial charge in [-0.05, 0) is 130 Å². The molecule has 0 N–H and O–H groups in total. The van der Waals surface area contributed by atoms with E-state index in [4.69, 9.17) is 0 Å². The first-order valence-electron chi connectivity index (χ1n) is 30.1. The molecule has 0 amide bonds. The van der Waals surface area contributed by atoms with E-state index in [0.717, 1.165) is 98.9 Å². The standard InChI is InChI=1S/C26H30N4.C22H22N4.2C12H8F2N4.2Ir/c1-21-23(3)29(25-13-7-5-8-14-25)19-27(21)17-11-12-18-28-20-30(24(4)22(28)2)26-15-9-6-10-16-26;1-3-9-21(10-4-1)25-17-15-23(19-25)13-7-8-14-24-16-18-26(20-24)22-11-5-2-6-12-22;2*1-17-7-18(12-11(17)15-4-5-16-12)10-3-2-8(13)6-9(10)14;;/h5-10,13,15,19-20H,11-12,17-18H2,1-4H3;1-6,9,11,15-20H,7-8,13-14H2;2*2,4-7H,1H3;;/q2*-4;2*-2;;. The number of anilines is 10. The fourth-order valence-corrected chi connectivity index (χ4v) is 10.6. The molecule has 8 heterocycles. The van der Waals surface area contributed by atoms with Crippen LogP contribution in [-0.2, 0) is 40.2 Å². The van der Waals surface area contributed by atoms with Gasteiger partial charge in [0.1, 0.15) is 23.3 Å². The van der Waals surface area contributed by atoms with Crippen LogP contribution >= 0.6 is 0 Å². The smallest absolute Gasteiger partial charge is 0.144 e. The Hall–Kier alpha value is -8.94. The first-order chi connectivity index (χ1) is 44.8. The van der Waals surface area contributed by atoms with Gasteiger partial charge in [0.15, 0.2) is 0 Å². The Labute approximate surface area is 577 Å². The molecule has 494 valence electrons. The van der Waals surface area contributed by atoms with Crippen molar-refractivity contribution in [2.75, 3.05) is 79.5 Å². The van der Waals surface area contributed by atoms with Crippen molar-refractivity contribution in [3.63, 3.8) is 0 Å². The molecule has 6 aromatic carbocycles. The third-order valence-corrected chi connectivity index (χ3v) is 15.7. The summed E-state index contributed by atoms with van der Waals surface area (Å²) in [4.78, 5) is 40.8. The van der Waals surface area contributed by atoms with Gasteiger partial charge in [0, 0.05) is 99.7 Å². The number of benzene rings is 6. The van der Waals surface area contributed by atoms with E-state index in [0.29, 0.717) is 23.3 Å². The molecule has 6 aliphatic heterocycles. The van der Waals surface area contributed by atoms with Gasteiger partial charge in [0.25, 0.3) is 0 Å². The van der Waals surface area contributed by atoms with Gasteiger partial charge < -0.3 is 58.8 Å². The summed E-state index contributed by atoms with van der Waals surface area (Å²) in [6.45, 7) is 24.8. The molecule has 0 fully saturated rings. The summed E-state index contributed by atoms with van der Waals surface area (Å²) in [6.07, 6.45) is 19.1. The first kappa shape index (κ1) is 69.4. The molecule has 0 spiro atoms. The van der Waals surface area contributed by atoms with Gasteiger partial charge in [-0.25, -0.2) is 19.9 Å². The second-order valence-electron chi connectivity index (χ2n) is 21.9. The third-order valence-electron chi connectivity index (χ3n) is 15.7. The van der Waals surface area contributed by atoms with Crippen LogP contribution in [0.4, 0.5) is 75.0 Å². The zero-order valence-corrected chi connectivity index (χ0v) is 57.4. The Morgan fingerprint density at radius 2 is 0.734 bits per heavy atom. The maximum Gasteiger partial charge on any atom is 0.144 e. The van der Waals surface area contributed by atoms with Crippen molar-refractivity contribution in [1.82, 2.24) is 39.5 Å². The summed E-state index contributed by atoms with van der Waals surface area (Å²) in [5.74, 6) is -0.532. The summed E-state index contributed by atoms with van der Waals surface area (Å²) in [7, 11) is 3.55. The zero-order valence-electron chi connectivity index (χ0n) is 52.6. The van der Waals surface area contributed by atoms with Gasteiger partial charge in [0.05, 0.1) is 0 Å². The van der Waals surface area contributed by atoms with E-state index in [1.54, 1.807) is 49.6 Å². The topological polar surface area (TPSA) is 90.4 Å². The van der Waals surface area contributed by atoms with Crippen molar-refractivity contribution in [2.45, 2.75) is 53.4 Å². The molecule has 0 bridgehead atoms. The number of allylic oxidation sites excluding steroid dienone is 4. The SMILES string of the molecule is CC1=C(C)N(c2[c-]cccc2)[CH-]N1CCCCN1[CH-]N(c2[c-]cccc2)C(C)=C1C.CN1[CH-]N(c2[c-]cc(F)cc2F)c2nccnc21.CN1[CH-]N(c2[c-]cc(F)cc2F)c2nccnc21.[Ir].[Ir].[c-]1ccccc1N1C=CN(CCCCN2C=CN(c3[c-]cccc3)[CH-]2)[CH-]1. The normalized spacial score (nSPS) is 15.3. The number of nitrogens with zero attached hydrogens (tertiary/aromatic N) is 16. The van der Waals surface area contributed by atoms with Crippen LogP contribution in [0.5, 0.6) is 0 Å². The molecule has 8 aromatic rings. The van der Waals surface area contributed by atoms with Gasteiger partial charge in [-0.2, -0.15) is 160 Å². The van der Waals surface area contributed by atoms with Crippen molar-refractivity contribution in [3.05, 3.63) is 293 Å². The Morgan fingerprint density at radius 3 is 1.09 bits per heavy atom. The van der Waals surface area contributed by atoms with Gasteiger partial charge in [0.2, 0.25) is 0 Å². The summed E-state index contributed by atoms with van der Waals surface area (Å²) in [5, 5.41) is 0. The minimum atomic E-state index is -0.696. The largest absolute Gasteiger partial charge is 0.508 e. The molecular weight excluding hydrogens is 1550 g/mol. The Balaban J connectivity index is 0.000000150. The number of halogens is 4. The monoisotopic (exact) mass is 1620 g/mol. The zero-order chi connectivity index (χ0) is 64.1. The molecule has 2 aromatic heterocycles. The van der Waals surface area contributed by atoms with Crippen LogP contribution in [0.15, 0.2) is 194 Å². The van der Waals surface area contributed by atoms with Crippen molar-refractivity contribution in [2.24, 2.45) is 0 Å². The molecule has 94 heavy (non-hydrogen) atoms. The summed E-state index contributed by atoms with van der Waals surface area (Å²) in [5.41, 5.74) is 9.74. The van der Waals surface area contributed by atoms with Gasteiger partial charge in [-0.1, -0.05) is 11.4 Å². The average molecular weight is 1620 g/mol. The van der Waals surface area contributed by atoms with Crippen LogP contribution in [0.1, 0.15) is 53.4 Å². The molecule has 0 saturated heterocycles. The van der Waals surface area contributed by atoms with Gasteiger partial charge in [-0.15, -0.1) is 60.4 Å². The number of para-hydroxylation sites is 4. The van der Waals surface area contributed by atoms with E-state index < -0.39 is 23.3 Å². The molecular formula is C72H68F4Ir2N16-12. The maximum absolute atomic E-state index is 13.7. The molecule has 14 rings (SSSR count). The number of rotatable bonds is 16. The molecule has 22 heteroatoms. The fourth-order valence-electron chi connectivity index (χ4n) is 10.6. The molecule has 0 unspecified atom stereocenters. The average Bonchev–Trinajstić information content (AvgIpc) is 1.65. The van der Waals surface area contributed by atoms with Crippen LogP contribution in [0.2, 0.25) is 0 Å². The molecule has 0 aliphatic carbocycles. The van der Waals surface area contributed by atoms with Crippen LogP contribution in [-0.4, -0.2) is 79.8 Å². The Kier molecular flexibility index (Phi) is 24.2. The molecule has 2 radical (unpaired) electrons. The summed E-state index contributed by atoms with van der Waals surface area (Å²) in [6, 6.07) is 54.4. The van der Waals surface area contributed by atoms with Crippen LogP contribution in [0.25, 0.3) is 0 Å². The van der Waals surface area contributed by atoms with Crippen LogP contribution in [0, 0.1) is 99.7 Å². The van der Waals surface area contributed by atoms with Gasteiger partial charge >= 0.3 is 0 Å². The van der Waals surface area contributed by atoms with E-state index >= 15 is 0 Å². The minimum Gasteiger partial charge on any atom is -0.508 e. The molecule has 0 saturated carbocycles. The van der Waals surface area contributed by atoms with Crippen molar-refractivity contribution < 1.29 is 57.8 Å². The Bertz CT molecular complexity index is 3620. The van der Waals surface area contributed by atoms with E-state index in [1.807, 2.05) is 60.7 Å². The molecule has 0 atom stereocenters. The van der Waals surface area contributed by atoms with Crippen molar-refractivity contribution in [1.29, 1.82) is 0 Å². The van der Waals surface area contributed by atoms with E-state index in [1.165, 1.54) is 45.0 Å². The fraction of sp³-hybridized carbons (Fsp3) is 0.194. The quantitative estimate of drug-likeness (QED) is 0.0522. The second kappa shape index (κ2) is 32.8. The molecule has 6 aliphatic rings. The first-order valence-corrected chi connectivity index (χ1v) is 30.1. The van der Waals surface area contributed by atoms with Crippen LogP contribution < -0.4 is 39.2 Å². The number of hydrogen-bond donors (Lipinski definition) is 0. The summed E-state index contributed by atoms with van der Waals surface area (Å²) < 4.78 is 53.2.